The first kappa shape index (κ1) is 23.1. The molecule has 2 aliphatic heterocycles. The Morgan fingerprint density at radius 2 is 1.82 bits per heavy atom. The van der Waals surface area contributed by atoms with Gasteiger partial charge in [-0.3, -0.25) is 4.79 Å². The predicted octanol–water partition coefficient (Wildman–Crippen LogP) is 2.62. The van der Waals surface area contributed by atoms with Gasteiger partial charge in [0.2, 0.25) is 16.8 Å². The molecular weight excluding hydrogens is 448 g/mol. The molecule has 0 unspecified atom stereocenters. The van der Waals surface area contributed by atoms with Gasteiger partial charge in [-0.25, -0.2) is 13.2 Å². The molecule has 2 aromatic rings. The van der Waals surface area contributed by atoms with Crippen LogP contribution in [0.3, 0.4) is 0 Å². The molecule has 2 heterocycles. The standard InChI is InChI=1S/C23H26N2O7S/c1-16(17-8-9-20-21(13-17)32-15-31-20)24-22(26)14-30-23(27)18-6-5-7-19(12-18)33(28,29)25-10-3-2-4-11-25/h5-9,12-13,16H,2-4,10-11,14-15H2,1H3,(H,24,26)/t16-/m0/s1. The van der Waals surface area contributed by atoms with E-state index in [2.05, 4.69) is 5.32 Å². The summed E-state index contributed by atoms with van der Waals surface area (Å²) in [4.78, 5) is 24.8. The zero-order valence-electron chi connectivity index (χ0n) is 18.3. The van der Waals surface area contributed by atoms with Crippen molar-refractivity contribution in [2.75, 3.05) is 26.5 Å². The second kappa shape index (κ2) is 9.80. The molecule has 0 aliphatic carbocycles. The Labute approximate surface area is 192 Å². The van der Waals surface area contributed by atoms with Crippen molar-refractivity contribution < 1.29 is 32.2 Å². The Morgan fingerprint density at radius 1 is 1.06 bits per heavy atom. The van der Waals surface area contributed by atoms with Gasteiger partial charge < -0.3 is 19.5 Å². The molecule has 0 spiro atoms. The van der Waals surface area contributed by atoms with E-state index in [0.29, 0.717) is 24.6 Å². The number of nitrogens with one attached hydrogen (secondary N) is 1. The molecule has 33 heavy (non-hydrogen) atoms. The maximum Gasteiger partial charge on any atom is 0.338 e. The van der Waals surface area contributed by atoms with Crippen LogP contribution < -0.4 is 14.8 Å². The van der Waals surface area contributed by atoms with Crippen LogP contribution >= 0.6 is 0 Å². The lowest BCUT2D eigenvalue weighted by Gasteiger charge is -2.25. The number of amides is 1. The van der Waals surface area contributed by atoms with Gasteiger partial charge in [0, 0.05) is 13.1 Å². The molecule has 1 saturated heterocycles. The molecule has 4 rings (SSSR count). The van der Waals surface area contributed by atoms with Crippen molar-refractivity contribution >= 4 is 21.9 Å². The molecule has 0 aromatic heterocycles. The maximum absolute atomic E-state index is 12.8. The fourth-order valence-electron chi connectivity index (χ4n) is 3.80. The smallest absolute Gasteiger partial charge is 0.338 e. The number of piperidine rings is 1. The van der Waals surface area contributed by atoms with Gasteiger partial charge >= 0.3 is 5.97 Å². The summed E-state index contributed by atoms with van der Waals surface area (Å²) >= 11 is 0. The SMILES string of the molecule is C[C@H](NC(=O)COC(=O)c1cccc(S(=O)(=O)N2CCCCC2)c1)c1ccc2c(c1)OCO2. The highest BCUT2D eigenvalue weighted by Gasteiger charge is 2.27. The van der Waals surface area contributed by atoms with Crippen molar-refractivity contribution in [3.63, 3.8) is 0 Å². The lowest BCUT2D eigenvalue weighted by atomic mass is 10.1. The summed E-state index contributed by atoms with van der Waals surface area (Å²) in [6.07, 6.45) is 2.65. The van der Waals surface area contributed by atoms with Crippen LogP contribution in [0.2, 0.25) is 0 Å². The van der Waals surface area contributed by atoms with Crippen LogP contribution in [0.4, 0.5) is 0 Å². The van der Waals surface area contributed by atoms with E-state index in [0.717, 1.165) is 24.8 Å². The lowest BCUT2D eigenvalue weighted by Crippen LogP contribution is -2.35. The summed E-state index contributed by atoms with van der Waals surface area (Å²) in [6.45, 7) is 2.41. The molecular formula is C23H26N2O7S. The minimum absolute atomic E-state index is 0.0414. The van der Waals surface area contributed by atoms with Crippen molar-refractivity contribution in [1.29, 1.82) is 0 Å². The molecule has 2 aromatic carbocycles. The summed E-state index contributed by atoms with van der Waals surface area (Å²) in [5.74, 6) is 0.0114. The molecule has 0 saturated carbocycles. The average molecular weight is 475 g/mol. The van der Waals surface area contributed by atoms with Gasteiger partial charge in [0.1, 0.15) is 0 Å². The number of hydrogen-bond donors (Lipinski definition) is 1. The van der Waals surface area contributed by atoms with Crippen molar-refractivity contribution in [2.45, 2.75) is 37.1 Å². The number of hydrogen-bond acceptors (Lipinski definition) is 7. The molecule has 1 atom stereocenters. The average Bonchev–Trinajstić information content (AvgIpc) is 3.31. The molecule has 10 heteroatoms. The van der Waals surface area contributed by atoms with E-state index in [9.17, 15) is 18.0 Å². The second-order valence-electron chi connectivity index (χ2n) is 7.97. The summed E-state index contributed by atoms with van der Waals surface area (Å²) in [5.41, 5.74) is 0.888. The fourth-order valence-corrected chi connectivity index (χ4v) is 5.36. The summed E-state index contributed by atoms with van der Waals surface area (Å²) in [7, 11) is -3.67. The Bertz CT molecular complexity index is 1140. The highest BCUT2D eigenvalue weighted by Crippen LogP contribution is 2.34. The molecule has 1 N–H and O–H groups in total. The number of nitrogens with zero attached hydrogens (tertiary/aromatic N) is 1. The number of carbonyl (C=O) groups is 2. The molecule has 0 radical (unpaired) electrons. The van der Waals surface area contributed by atoms with Crippen molar-refractivity contribution in [3.8, 4) is 11.5 Å². The summed E-state index contributed by atoms with van der Waals surface area (Å²) in [6, 6.07) is 10.7. The van der Waals surface area contributed by atoms with Gasteiger partial charge in [0.15, 0.2) is 18.1 Å². The number of carbonyl (C=O) groups excluding carboxylic acids is 2. The van der Waals surface area contributed by atoms with E-state index in [1.807, 2.05) is 6.07 Å². The van der Waals surface area contributed by atoms with Crippen LogP contribution in [-0.2, 0) is 19.6 Å². The maximum atomic E-state index is 12.8. The number of ether oxygens (including phenoxy) is 3. The normalized spacial score (nSPS) is 16.8. The highest BCUT2D eigenvalue weighted by molar-refractivity contribution is 7.89. The van der Waals surface area contributed by atoms with Gasteiger partial charge in [-0.15, -0.1) is 0 Å². The van der Waals surface area contributed by atoms with Gasteiger partial charge in [-0.05, 0) is 55.7 Å². The molecule has 0 bridgehead atoms. The third-order valence-electron chi connectivity index (χ3n) is 5.63. The molecule has 1 fully saturated rings. The van der Waals surface area contributed by atoms with E-state index in [1.54, 1.807) is 19.1 Å². The Morgan fingerprint density at radius 3 is 2.61 bits per heavy atom. The van der Waals surface area contributed by atoms with Crippen molar-refractivity contribution in [3.05, 3.63) is 53.6 Å². The first-order chi connectivity index (χ1) is 15.8. The molecule has 176 valence electrons. The Balaban J connectivity index is 1.34. The van der Waals surface area contributed by atoms with Gasteiger partial charge in [-0.2, -0.15) is 4.31 Å². The van der Waals surface area contributed by atoms with E-state index >= 15 is 0 Å². The first-order valence-electron chi connectivity index (χ1n) is 10.8. The quantitative estimate of drug-likeness (QED) is 0.614. The zero-order valence-corrected chi connectivity index (χ0v) is 19.1. The van der Waals surface area contributed by atoms with Gasteiger partial charge in [0.05, 0.1) is 16.5 Å². The largest absolute Gasteiger partial charge is 0.454 e. The number of sulfonamides is 1. The minimum Gasteiger partial charge on any atom is -0.454 e. The Kier molecular flexibility index (Phi) is 6.85. The van der Waals surface area contributed by atoms with E-state index < -0.39 is 28.5 Å². The highest BCUT2D eigenvalue weighted by atomic mass is 32.2. The topological polar surface area (TPSA) is 111 Å². The van der Waals surface area contributed by atoms with Gasteiger partial charge in [-0.1, -0.05) is 18.6 Å². The third-order valence-corrected chi connectivity index (χ3v) is 7.53. The lowest BCUT2D eigenvalue weighted by molar-refractivity contribution is -0.124. The van der Waals surface area contributed by atoms with E-state index in [1.165, 1.54) is 28.6 Å². The van der Waals surface area contributed by atoms with Crippen LogP contribution in [0.15, 0.2) is 47.4 Å². The fraction of sp³-hybridized carbons (Fsp3) is 0.391. The van der Waals surface area contributed by atoms with Crippen molar-refractivity contribution in [2.24, 2.45) is 0 Å². The predicted molar refractivity (Wildman–Crippen MR) is 118 cm³/mol. The minimum atomic E-state index is -3.67. The number of fused-ring (bicyclic) bond motifs is 1. The van der Waals surface area contributed by atoms with Crippen molar-refractivity contribution in [1.82, 2.24) is 9.62 Å². The van der Waals surface area contributed by atoms with Crippen LogP contribution in [0, 0.1) is 0 Å². The van der Waals surface area contributed by atoms with Gasteiger partial charge in [0.25, 0.3) is 5.91 Å². The Hall–Kier alpha value is -3.11. The van der Waals surface area contributed by atoms with E-state index in [4.69, 9.17) is 14.2 Å². The van der Waals surface area contributed by atoms with Crippen LogP contribution in [0.1, 0.15) is 48.1 Å². The third kappa shape index (κ3) is 5.28. The molecule has 1 amide bonds. The van der Waals surface area contributed by atoms with E-state index in [-0.39, 0.29) is 23.3 Å². The number of rotatable bonds is 7. The summed E-state index contributed by atoms with van der Waals surface area (Å²) in [5, 5.41) is 2.76. The number of esters is 1. The molecule has 9 nitrogen and oxygen atoms in total. The van der Waals surface area contributed by atoms with Crippen LogP contribution in [0.5, 0.6) is 11.5 Å². The number of benzene rings is 2. The summed E-state index contributed by atoms with van der Waals surface area (Å²) < 4.78 is 42.9. The van der Waals surface area contributed by atoms with Crippen LogP contribution in [-0.4, -0.2) is 51.1 Å². The first-order valence-corrected chi connectivity index (χ1v) is 12.2. The monoisotopic (exact) mass is 474 g/mol. The zero-order chi connectivity index (χ0) is 23.4. The van der Waals surface area contributed by atoms with Crippen LogP contribution in [0.25, 0.3) is 0 Å². The second-order valence-corrected chi connectivity index (χ2v) is 9.91. The molecule has 2 aliphatic rings.